The summed E-state index contributed by atoms with van der Waals surface area (Å²) < 4.78 is 13.5. The molecule has 0 atom stereocenters. The zero-order valence-corrected chi connectivity index (χ0v) is 10.7. The van der Waals surface area contributed by atoms with E-state index in [4.69, 9.17) is 0 Å². The third kappa shape index (κ3) is 3.70. The topological polar surface area (TPSA) is 15.3 Å². The molecule has 0 aromatic heterocycles. The van der Waals surface area contributed by atoms with Gasteiger partial charge in [0.1, 0.15) is 5.82 Å². The van der Waals surface area contributed by atoms with Gasteiger partial charge < -0.3 is 10.2 Å². The molecular weight excluding hydrogens is 215 g/mol. The number of benzene rings is 1. The van der Waals surface area contributed by atoms with Gasteiger partial charge in [0, 0.05) is 25.8 Å². The minimum absolute atomic E-state index is 0.141. The van der Waals surface area contributed by atoms with Crippen LogP contribution < -0.4 is 10.2 Å². The molecule has 1 N–H and O–H groups in total. The van der Waals surface area contributed by atoms with E-state index in [1.807, 2.05) is 7.05 Å². The number of hydrogen-bond donors (Lipinski definition) is 1. The molecule has 17 heavy (non-hydrogen) atoms. The Hall–Kier alpha value is -1.09. The molecule has 1 aliphatic rings. The fourth-order valence-electron chi connectivity index (χ4n) is 2.02. The maximum absolute atomic E-state index is 13.5. The molecule has 0 amide bonds. The molecule has 1 saturated carbocycles. The van der Waals surface area contributed by atoms with E-state index < -0.39 is 0 Å². The summed E-state index contributed by atoms with van der Waals surface area (Å²) in [4.78, 5) is 2.16. The van der Waals surface area contributed by atoms with Gasteiger partial charge in [0.25, 0.3) is 0 Å². The smallest absolute Gasteiger partial charge is 0.125 e. The molecule has 3 heteroatoms. The lowest BCUT2D eigenvalue weighted by molar-refractivity contribution is 0.620. The fraction of sp³-hybridized carbons (Fsp3) is 0.571. The van der Waals surface area contributed by atoms with E-state index in [1.54, 1.807) is 12.1 Å². The van der Waals surface area contributed by atoms with Gasteiger partial charge in [-0.3, -0.25) is 0 Å². The number of nitrogens with one attached hydrogen (secondary N) is 1. The zero-order valence-electron chi connectivity index (χ0n) is 10.7. The lowest BCUT2D eigenvalue weighted by Crippen LogP contribution is -2.20. The summed E-state index contributed by atoms with van der Waals surface area (Å²) in [5.41, 5.74) is 2.01. The zero-order chi connectivity index (χ0) is 12.3. The van der Waals surface area contributed by atoms with Crippen LogP contribution in [0.1, 0.15) is 25.3 Å². The summed E-state index contributed by atoms with van der Waals surface area (Å²) in [5, 5.41) is 3.23. The van der Waals surface area contributed by atoms with Crippen molar-refractivity contribution < 1.29 is 4.39 Å². The molecule has 94 valence electrons. The summed E-state index contributed by atoms with van der Waals surface area (Å²) in [5.74, 6) is 0.679. The van der Waals surface area contributed by atoms with Crippen molar-refractivity contribution >= 4 is 5.69 Å². The second-order valence-corrected chi connectivity index (χ2v) is 4.92. The average Bonchev–Trinajstić information content (AvgIpc) is 3.09. The summed E-state index contributed by atoms with van der Waals surface area (Å²) >= 11 is 0. The van der Waals surface area contributed by atoms with Gasteiger partial charge in [0.05, 0.1) is 0 Å². The van der Waals surface area contributed by atoms with E-state index in [9.17, 15) is 4.39 Å². The SMILES string of the molecule is CCNCc1cc(F)cc(N(C)CC2CC2)c1. The van der Waals surface area contributed by atoms with Crippen LogP contribution in [0.3, 0.4) is 0 Å². The highest BCUT2D eigenvalue weighted by Gasteiger charge is 2.23. The Kier molecular flexibility index (Phi) is 4.00. The van der Waals surface area contributed by atoms with E-state index in [0.717, 1.165) is 36.8 Å². The van der Waals surface area contributed by atoms with Gasteiger partial charge in [0.15, 0.2) is 0 Å². The highest BCUT2D eigenvalue weighted by molar-refractivity contribution is 5.48. The molecule has 0 bridgehead atoms. The van der Waals surface area contributed by atoms with E-state index in [0.29, 0.717) is 0 Å². The Labute approximate surface area is 103 Å². The predicted molar refractivity (Wildman–Crippen MR) is 69.8 cm³/mol. The highest BCUT2D eigenvalue weighted by Crippen LogP contribution is 2.31. The first kappa shape index (κ1) is 12.4. The summed E-state index contributed by atoms with van der Waals surface area (Å²) in [6.45, 7) is 4.74. The lowest BCUT2D eigenvalue weighted by atomic mass is 10.1. The van der Waals surface area contributed by atoms with Gasteiger partial charge in [0.2, 0.25) is 0 Å². The standard InChI is InChI=1S/C14H21FN2/c1-3-16-9-12-6-13(15)8-14(7-12)17(2)10-11-4-5-11/h6-8,11,16H,3-5,9-10H2,1-2H3. The Morgan fingerprint density at radius 1 is 1.35 bits per heavy atom. The quantitative estimate of drug-likeness (QED) is 0.817. The lowest BCUT2D eigenvalue weighted by Gasteiger charge is -2.20. The van der Waals surface area contributed by atoms with Gasteiger partial charge in [-0.05, 0) is 49.1 Å². The molecule has 1 aromatic carbocycles. The first-order valence-electron chi connectivity index (χ1n) is 6.40. The molecule has 2 rings (SSSR count). The van der Waals surface area contributed by atoms with Crippen LogP contribution in [0.5, 0.6) is 0 Å². The molecule has 0 unspecified atom stereocenters. The van der Waals surface area contributed by atoms with Crippen LogP contribution in [0.2, 0.25) is 0 Å². The van der Waals surface area contributed by atoms with Crippen LogP contribution in [0.15, 0.2) is 18.2 Å². The first-order valence-corrected chi connectivity index (χ1v) is 6.40. The van der Waals surface area contributed by atoms with Crippen LogP contribution in [0, 0.1) is 11.7 Å². The maximum atomic E-state index is 13.5. The Balaban J connectivity index is 2.06. The largest absolute Gasteiger partial charge is 0.374 e. The van der Waals surface area contributed by atoms with Crippen molar-refractivity contribution in [2.45, 2.75) is 26.3 Å². The summed E-state index contributed by atoms with van der Waals surface area (Å²) in [6.07, 6.45) is 2.65. The van der Waals surface area contributed by atoms with Crippen molar-refractivity contribution in [3.05, 3.63) is 29.6 Å². The normalized spacial score (nSPS) is 15.0. The van der Waals surface area contributed by atoms with Crippen molar-refractivity contribution in [3.63, 3.8) is 0 Å². The third-order valence-electron chi connectivity index (χ3n) is 3.19. The number of rotatable bonds is 6. The molecule has 1 aromatic rings. The van der Waals surface area contributed by atoms with Crippen molar-refractivity contribution in [2.75, 3.05) is 25.0 Å². The van der Waals surface area contributed by atoms with Crippen molar-refractivity contribution in [3.8, 4) is 0 Å². The minimum Gasteiger partial charge on any atom is -0.374 e. The Morgan fingerprint density at radius 2 is 2.12 bits per heavy atom. The van der Waals surface area contributed by atoms with E-state index in [2.05, 4.69) is 23.2 Å². The highest BCUT2D eigenvalue weighted by atomic mass is 19.1. The molecule has 2 nitrogen and oxygen atoms in total. The predicted octanol–water partition coefficient (Wildman–Crippen LogP) is 2.78. The first-order chi connectivity index (χ1) is 8.19. The summed E-state index contributed by atoms with van der Waals surface area (Å²) in [7, 11) is 2.05. The monoisotopic (exact) mass is 236 g/mol. The Bertz CT molecular complexity index is 374. The number of hydrogen-bond acceptors (Lipinski definition) is 2. The van der Waals surface area contributed by atoms with Gasteiger partial charge in [-0.2, -0.15) is 0 Å². The molecule has 0 heterocycles. The number of nitrogens with zero attached hydrogens (tertiary/aromatic N) is 1. The second-order valence-electron chi connectivity index (χ2n) is 4.92. The van der Waals surface area contributed by atoms with E-state index in [-0.39, 0.29) is 5.82 Å². The van der Waals surface area contributed by atoms with Crippen molar-refractivity contribution in [2.24, 2.45) is 5.92 Å². The van der Waals surface area contributed by atoms with Gasteiger partial charge in [-0.1, -0.05) is 6.92 Å². The maximum Gasteiger partial charge on any atom is 0.125 e. The molecule has 1 fully saturated rings. The van der Waals surface area contributed by atoms with E-state index >= 15 is 0 Å². The van der Waals surface area contributed by atoms with Crippen LogP contribution in [-0.4, -0.2) is 20.1 Å². The van der Waals surface area contributed by atoms with Crippen LogP contribution >= 0.6 is 0 Å². The molecular formula is C14H21FN2. The molecule has 0 saturated heterocycles. The third-order valence-corrected chi connectivity index (χ3v) is 3.19. The minimum atomic E-state index is -0.141. The number of anilines is 1. The van der Waals surface area contributed by atoms with Gasteiger partial charge in [-0.25, -0.2) is 4.39 Å². The average molecular weight is 236 g/mol. The molecule has 0 radical (unpaired) electrons. The molecule has 0 aliphatic heterocycles. The van der Waals surface area contributed by atoms with Crippen LogP contribution in [-0.2, 0) is 6.54 Å². The van der Waals surface area contributed by atoms with Crippen molar-refractivity contribution in [1.82, 2.24) is 5.32 Å². The van der Waals surface area contributed by atoms with Gasteiger partial charge >= 0.3 is 0 Å². The van der Waals surface area contributed by atoms with Crippen molar-refractivity contribution in [1.29, 1.82) is 0 Å². The Morgan fingerprint density at radius 3 is 2.76 bits per heavy atom. The molecule has 1 aliphatic carbocycles. The van der Waals surface area contributed by atoms with Crippen LogP contribution in [0.4, 0.5) is 10.1 Å². The van der Waals surface area contributed by atoms with E-state index in [1.165, 1.54) is 12.8 Å². The second kappa shape index (κ2) is 5.50. The van der Waals surface area contributed by atoms with Crippen LogP contribution in [0.25, 0.3) is 0 Å². The fourth-order valence-corrected chi connectivity index (χ4v) is 2.02. The van der Waals surface area contributed by atoms with Gasteiger partial charge in [-0.15, -0.1) is 0 Å². The summed E-state index contributed by atoms with van der Waals surface area (Å²) in [6, 6.07) is 5.31. The molecule has 0 spiro atoms. The number of halogens is 1.